The molecule has 2 aromatic rings. The predicted octanol–water partition coefficient (Wildman–Crippen LogP) is 0.857. The van der Waals surface area contributed by atoms with Crippen LogP contribution >= 0.6 is 0 Å². The first-order valence-corrected chi connectivity index (χ1v) is 6.93. The summed E-state index contributed by atoms with van der Waals surface area (Å²) in [5, 5.41) is 7.68. The van der Waals surface area contributed by atoms with Crippen molar-refractivity contribution < 1.29 is 17.6 Å². The van der Waals surface area contributed by atoms with Crippen LogP contribution in [0.25, 0.3) is 0 Å². The van der Waals surface area contributed by atoms with Crippen LogP contribution in [0, 0.1) is 0 Å². The van der Waals surface area contributed by atoms with Crippen molar-refractivity contribution in [3.8, 4) is 0 Å². The minimum Gasteiger partial charge on any atom is -0.472 e. The molecule has 0 aliphatic rings. The number of nitrogens with two attached hydrogens (primary N) is 1. The van der Waals surface area contributed by atoms with Crippen molar-refractivity contribution in [2.45, 2.75) is 11.4 Å². The lowest BCUT2D eigenvalue weighted by Gasteiger charge is -2.05. The van der Waals surface area contributed by atoms with Gasteiger partial charge in [0.2, 0.25) is 10.0 Å². The summed E-state index contributed by atoms with van der Waals surface area (Å²) in [6, 6.07) is 7.63. The topological polar surface area (TPSA) is 102 Å². The van der Waals surface area contributed by atoms with Gasteiger partial charge in [0.15, 0.2) is 0 Å². The van der Waals surface area contributed by atoms with Gasteiger partial charge in [0, 0.05) is 6.54 Å². The number of sulfonamides is 1. The highest BCUT2D eigenvalue weighted by Crippen LogP contribution is 2.10. The van der Waals surface area contributed by atoms with E-state index in [2.05, 4.69) is 5.32 Å². The van der Waals surface area contributed by atoms with E-state index < -0.39 is 10.0 Å². The van der Waals surface area contributed by atoms with Gasteiger partial charge in [-0.05, 0) is 23.8 Å². The van der Waals surface area contributed by atoms with Crippen LogP contribution in [0.2, 0.25) is 0 Å². The number of hydrogen-bond acceptors (Lipinski definition) is 4. The number of furan rings is 1. The molecule has 0 spiro atoms. The summed E-state index contributed by atoms with van der Waals surface area (Å²) in [5.74, 6) is -0.297. The second kappa shape index (κ2) is 5.25. The van der Waals surface area contributed by atoms with Crippen molar-refractivity contribution in [3.05, 3.63) is 54.0 Å². The molecule has 1 amide bonds. The molecule has 0 atom stereocenters. The third-order valence-corrected chi connectivity index (χ3v) is 3.37. The van der Waals surface area contributed by atoms with Gasteiger partial charge in [-0.1, -0.05) is 12.1 Å². The van der Waals surface area contributed by atoms with Crippen molar-refractivity contribution in [1.29, 1.82) is 0 Å². The number of benzene rings is 1. The molecule has 2 rings (SSSR count). The summed E-state index contributed by atoms with van der Waals surface area (Å²) in [5.41, 5.74) is 1.05. The van der Waals surface area contributed by atoms with Crippen LogP contribution in [-0.2, 0) is 16.6 Å². The largest absolute Gasteiger partial charge is 0.472 e. The molecule has 0 saturated heterocycles. The van der Waals surface area contributed by atoms with E-state index in [0.29, 0.717) is 11.1 Å². The maximum Gasteiger partial charge on any atom is 0.254 e. The Hall–Kier alpha value is -2.12. The smallest absolute Gasteiger partial charge is 0.254 e. The van der Waals surface area contributed by atoms with Crippen LogP contribution in [0.4, 0.5) is 0 Å². The lowest BCUT2D eigenvalue weighted by Crippen LogP contribution is -2.22. The Morgan fingerprint density at radius 3 is 2.74 bits per heavy atom. The Bertz CT molecular complexity index is 678. The normalized spacial score (nSPS) is 11.2. The SMILES string of the molecule is NS(=O)(=O)c1cccc(CNC(=O)c2ccoc2)c1. The summed E-state index contributed by atoms with van der Waals surface area (Å²) in [7, 11) is -3.73. The Kier molecular flexibility index (Phi) is 3.68. The fourth-order valence-corrected chi connectivity index (χ4v) is 2.09. The fraction of sp³-hybridized carbons (Fsp3) is 0.0833. The zero-order chi connectivity index (χ0) is 13.9. The average molecular weight is 280 g/mol. The molecule has 7 heteroatoms. The summed E-state index contributed by atoms with van der Waals surface area (Å²) in [4.78, 5) is 11.7. The first-order valence-electron chi connectivity index (χ1n) is 5.39. The zero-order valence-corrected chi connectivity index (χ0v) is 10.7. The van der Waals surface area contributed by atoms with Gasteiger partial charge in [0.1, 0.15) is 6.26 Å². The highest BCUT2D eigenvalue weighted by Gasteiger charge is 2.09. The molecule has 1 aromatic carbocycles. The van der Waals surface area contributed by atoms with Crippen LogP contribution < -0.4 is 10.5 Å². The third-order valence-electron chi connectivity index (χ3n) is 2.46. The number of primary sulfonamides is 1. The lowest BCUT2D eigenvalue weighted by molar-refractivity contribution is 0.0950. The van der Waals surface area contributed by atoms with Gasteiger partial charge in [0.25, 0.3) is 5.91 Å². The maximum atomic E-state index is 11.6. The number of hydrogen-bond donors (Lipinski definition) is 2. The van der Waals surface area contributed by atoms with Crippen molar-refractivity contribution in [1.82, 2.24) is 5.32 Å². The number of nitrogens with one attached hydrogen (secondary N) is 1. The Labute approximate surface area is 110 Å². The molecule has 100 valence electrons. The summed E-state index contributed by atoms with van der Waals surface area (Å²) in [6.07, 6.45) is 2.73. The van der Waals surface area contributed by atoms with Crippen molar-refractivity contribution in [2.24, 2.45) is 5.14 Å². The molecule has 0 fully saturated rings. The van der Waals surface area contributed by atoms with E-state index >= 15 is 0 Å². The highest BCUT2D eigenvalue weighted by atomic mass is 32.2. The van der Waals surface area contributed by atoms with Gasteiger partial charge in [0.05, 0.1) is 16.7 Å². The minimum absolute atomic E-state index is 0.0163. The Balaban J connectivity index is 2.06. The molecule has 0 saturated carbocycles. The molecule has 0 radical (unpaired) electrons. The Morgan fingerprint density at radius 2 is 2.11 bits per heavy atom. The van der Waals surface area contributed by atoms with E-state index in [-0.39, 0.29) is 17.3 Å². The lowest BCUT2D eigenvalue weighted by atomic mass is 10.2. The quantitative estimate of drug-likeness (QED) is 0.866. The van der Waals surface area contributed by atoms with Crippen molar-refractivity contribution in [2.75, 3.05) is 0 Å². The minimum atomic E-state index is -3.73. The predicted molar refractivity (Wildman–Crippen MR) is 67.7 cm³/mol. The molecular weight excluding hydrogens is 268 g/mol. The van der Waals surface area contributed by atoms with Crippen LogP contribution in [0.5, 0.6) is 0 Å². The van der Waals surface area contributed by atoms with Crippen LogP contribution in [0.3, 0.4) is 0 Å². The molecule has 1 aromatic heterocycles. The van der Waals surface area contributed by atoms with E-state index in [9.17, 15) is 13.2 Å². The van der Waals surface area contributed by atoms with Gasteiger partial charge >= 0.3 is 0 Å². The van der Waals surface area contributed by atoms with Crippen LogP contribution in [0.15, 0.2) is 52.2 Å². The fourth-order valence-electron chi connectivity index (χ4n) is 1.51. The highest BCUT2D eigenvalue weighted by molar-refractivity contribution is 7.89. The van der Waals surface area contributed by atoms with E-state index in [1.165, 1.54) is 30.7 Å². The van der Waals surface area contributed by atoms with Crippen molar-refractivity contribution in [3.63, 3.8) is 0 Å². The Morgan fingerprint density at radius 1 is 1.32 bits per heavy atom. The van der Waals surface area contributed by atoms with E-state index in [4.69, 9.17) is 9.56 Å². The van der Waals surface area contributed by atoms with Gasteiger partial charge in [-0.3, -0.25) is 4.79 Å². The number of amides is 1. The first kappa shape index (κ1) is 13.3. The average Bonchev–Trinajstić information content (AvgIpc) is 2.89. The monoisotopic (exact) mass is 280 g/mol. The van der Waals surface area contributed by atoms with Gasteiger partial charge < -0.3 is 9.73 Å². The second-order valence-electron chi connectivity index (χ2n) is 3.89. The standard InChI is InChI=1S/C12H12N2O4S/c13-19(16,17)11-3-1-2-9(6-11)7-14-12(15)10-4-5-18-8-10/h1-6,8H,7H2,(H,14,15)(H2,13,16,17). The molecular formula is C12H12N2O4S. The second-order valence-corrected chi connectivity index (χ2v) is 5.45. The molecule has 0 aliphatic heterocycles. The van der Waals surface area contributed by atoms with Crippen LogP contribution in [0.1, 0.15) is 15.9 Å². The van der Waals surface area contributed by atoms with E-state index in [1.807, 2.05) is 0 Å². The maximum absolute atomic E-state index is 11.6. The molecule has 6 nitrogen and oxygen atoms in total. The van der Waals surface area contributed by atoms with Gasteiger partial charge in [-0.2, -0.15) is 0 Å². The van der Waals surface area contributed by atoms with Gasteiger partial charge in [-0.25, -0.2) is 13.6 Å². The summed E-state index contributed by atoms with van der Waals surface area (Å²) >= 11 is 0. The van der Waals surface area contributed by atoms with E-state index in [0.717, 1.165) is 0 Å². The van der Waals surface area contributed by atoms with Crippen LogP contribution in [-0.4, -0.2) is 14.3 Å². The van der Waals surface area contributed by atoms with E-state index in [1.54, 1.807) is 12.1 Å². The number of rotatable bonds is 4. The molecule has 0 bridgehead atoms. The third kappa shape index (κ3) is 3.43. The van der Waals surface area contributed by atoms with Crippen molar-refractivity contribution >= 4 is 15.9 Å². The number of carbonyl (C=O) groups is 1. The summed E-state index contributed by atoms with van der Waals surface area (Å²) in [6.45, 7) is 0.202. The van der Waals surface area contributed by atoms with Gasteiger partial charge in [-0.15, -0.1) is 0 Å². The molecule has 19 heavy (non-hydrogen) atoms. The number of carbonyl (C=O) groups excluding carboxylic acids is 1. The molecule has 0 unspecified atom stereocenters. The molecule has 1 heterocycles. The summed E-state index contributed by atoms with van der Waals surface area (Å²) < 4.78 is 27.2. The zero-order valence-electron chi connectivity index (χ0n) is 9.87. The molecule has 3 N–H and O–H groups in total. The molecule has 0 aliphatic carbocycles. The first-order chi connectivity index (χ1) is 8.97.